The molecule has 0 aliphatic rings. The second-order valence-electron chi connectivity index (χ2n) is 4.62. The van der Waals surface area contributed by atoms with Gasteiger partial charge in [-0.3, -0.25) is 0 Å². The average Bonchev–Trinajstić information content (AvgIpc) is 2.46. The van der Waals surface area contributed by atoms with Gasteiger partial charge in [0.2, 0.25) is 0 Å². The van der Waals surface area contributed by atoms with Crippen molar-refractivity contribution in [1.82, 2.24) is 0 Å². The number of aryl methyl sites for hydroxylation is 1. The highest BCUT2D eigenvalue weighted by molar-refractivity contribution is 6.30. The number of nitrogens with one attached hydrogen (secondary N) is 1. The van der Waals surface area contributed by atoms with Crippen LogP contribution in [0, 0.1) is 6.92 Å². The van der Waals surface area contributed by atoms with Gasteiger partial charge in [-0.15, -0.1) is 0 Å². The Hall–Kier alpha value is -1.71. The lowest BCUT2D eigenvalue weighted by Gasteiger charge is -2.19. The first kappa shape index (κ1) is 14.7. The van der Waals surface area contributed by atoms with Gasteiger partial charge in [-0.05, 0) is 48.4 Å². The molecule has 0 aliphatic heterocycles. The van der Waals surface area contributed by atoms with E-state index < -0.39 is 0 Å². The number of aliphatic hydroxyl groups is 1. The summed E-state index contributed by atoms with van der Waals surface area (Å²) in [5.74, 6) is 0.844. The van der Waals surface area contributed by atoms with Gasteiger partial charge in [0.1, 0.15) is 5.75 Å². The third-order valence-corrected chi connectivity index (χ3v) is 3.44. The Labute approximate surface area is 124 Å². The van der Waals surface area contributed by atoms with Gasteiger partial charge in [0.05, 0.1) is 19.8 Å². The van der Waals surface area contributed by atoms with E-state index in [1.807, 2.05) is 49.4 Å². The normalized spacial score (nSPS) is 12.0. The molecule has 0 radical (unpaired) electrons. The molecule has 1 atom stereocenters. The number of hydrogen-bond donors (Lipinski definition) is 2. The van der Waals surface area contributed by atoms with Gasteiger partial charge in [0.15, 0.2) is 0 Å². The Morgan fingerprint density at radius 1 is 1.20 bits per heavy atom. The molecule has 0 fully saturated rings. The summed E-state index contributed by atoms with van der Waals surface area (Å²) < 4.78 is 5.25. The number of rotatable bonds is 5. The summed E-state index contributed by atoms with van der Waals surface area (Å²) in [4.78, 5) is 0. The Morgan fingerprint density at radius 2 is 1.90 bits per heavy atom. The van der Waals surface area contributed by atoms with Crippen LogP contribution in [0.2, 0.25) is 5.02 Å². The van der Waals surface area contributed by atoms with Crippen LogP contribution in [0.1, 0.15) is 17.2 Å². The lowest BCUT2D eigenvalue weighted by molar-refractivity contribution is 0.276. The van der Waals surface area contributed by atoms with Crippen molar-refractivity contribution in [3.8, 4) is 5.75 Å². The summed E-state index contributed by atoms with van der Waals surface area (Å²) in [5.41, 5.74) is 2.98. The molecular weight excluding hydrogens is 274 g/mol. The van der Waals surface area contributed by atoms with E-state index in [2.05, 4.69) is 5.32 Å². The maximum absolute atomic E-state index is 9.59. The molecule has 2 aromatic carbocycles. The fourth-order valence-electron chi connectivity index (χ4n) is 2.10. The average molecular weight is 292 g/mol. The molecule has 1 unspecified atom stereocenters. The number of ether oxygens (including phenoxy) is 1. The molecule has 0 aromatic heterocycles. The zero-order chi connectivity index (χ0) is 14.5. The van der Waals surface area contributed by atoms with Crippen LogP contribution >= 0.6 is 11.6 Å². The van der Waals surface area contributed by atoms with Crippen LogP contribution in [0.5, 0.6) is 5.75 Å². The Morgan fingerprint density at radius 3 is 2.45 bits per heavy atom. The van der Waals surface area contributed by atoms with Crippen LogP contribution in [0.15, 0.2) is 42.5 Å². The molecule has 0 aliphatic carbocycles. The van der Waals surface area contributed by atoms with E-state index in [0.29, 0.717) is 5.02 Å². The fourth-order valence-corrected chi connectivity index (χ4v) is 2.23. The van der Waals surface area contributed by atoms with Crippen LogP contribution < -0.4 is 10.1 Å². The number of aliphatic hydroxyl groups excluding tert-OH is 1. The molecule has 3 nitrogen and oxygen atoms in total. The molecule has 0 bridgehead atoms. The van der Waals surface area contributed by atoms with E-state index in [1.165, 1.54) is 0 Å². The molecule has 2 N–H and O–H groups in total. The SMILES string of the molecule is COc1ccc(C(CO)Nc2ccc(Cl)cc2)cc1C. The van der Waals surface area contributed by atoms with Crippen LogP contribution in [0.25, 0.3) is 0 Å². The molecule has 20 heavy (non-hydrogen) atoms. The fraction of sp³-hybridized carbons (Fsp3) is 0.250. The first-order valence-electron chi connectivity index (χ1n) is 6.41. The maximum atomic E-state index is 9.59. The summed E-state index contributed by atoms with van der Waals surface area (Å²) in [5, 5.41) is 13.6. The molecule has 0 saturated heterocycles. The van der Waals surface area contributed by atoms with Crippen molar-refractivity contribution in [2.24, 2.45) is 0 Å². The van der Waals surface area contributed by atoms with Crippen molar-refractivity contribution in [3.63, 3.8) is 0 Å². The number of hydrogen-bond acceptors (Lipinski definition) is 3. The molecule has 0 amide bonds. The highest BCUT2D eigenvalue weighted by atomic mass is 35.5. The van der Waals surface area contributed by atoms with Gasteiger partial charge >= 0.3 is 0 Å². The third-order valence-electron chi connectivity index (χ3n) is 3.19. The topological polar surface area (TPSA) is 41.5 Å². The van der Waals surface area contributed by atoms with Crippen molar-refractivity contribution in [2.75, 3.05) is 19.0 Å². The molecular formula is C16H18ClNO2. The van der Waals surface area contributed by atoms with Gasteiger partial charge in [0, 0.05) is 10.7 Å². The summed E-state index contributed by atoms with van der Waals surface area (Å²) >= 11 is 5.86. The maximum Gasteiger partial charge on any atom is 0.121 e. The quantitative estimate of drug-likeness (QED) is 0.880. The van der Waals surface area contributed by atoms with Gasteiger partial charge in [-0.2, -0.15) is 0 Å². The number of methoxy groups -OCH3 is 1. The summed E-state index contributed by atoms with van der Waals surface area (Å²) in [6.45, 7) is 1.99. The Bertz CT molecular complexity index is 569. The number of halogens is 1. The van der Waals surface area contributed by atoms with E-state index in [9.17, 15) is 5.11 Å². The lowest BCUT2D eigenvalue weighted by atomic mass is 10.0. The minimum absolute atomic E-state index is 0.00833. The molecule has 4 heteroatoms. The molecule has 106 valence electrons. The van der Waals surface area contributed by atoms with Crippen LogP contribution in [0.4, 0.5) is 5.69 Å². The largest absolute Gasteiger partial charge is 0.496 e. The predicted octanol–water partition coefficient (Wildman–Crippen LogP) is 3.80. The molecule has 0 saturated carbocycles. The second-order valence-corrected chi connectivity index (χ2v) is 5.05. The van der Waals surface area contributed by atoms with Crippen LogP contribution in [0.3, 0.4) is 0 Å². The first-order valence-corrected chi connectivity index (χ1v) is 6.79. The van der Waals surface area contributed by atoms with Crippen molar-refractivity contribution in [2.45, 2.75) is 13.0 Å². The number of anilines is 1. The van der Waals surface area contributed by atoms with E-state index >= 15 is 0 Å². The molecule has 0 heterocycles. The van der Waals surface area contributed by atoms with E-state index in [1.54, 1.807) is 7.11 Å². The third kappa shape index (κ3) is 3.44. The Kier molecular flexibility index (Phi) is 4.88. The molecule has 2 rings (SSSR count). The minimum Gasteiger partial charge on any atom is -0.496 e. The van der Waals surface area contributed by atoms with Crippen molar-refractivity contribution in [1.29, 1.82) is 0 Å². The lowest BCUT2D eigenvalue weighted by Crippen LogP contribution is -2.15. The number of benzene rings is 2. The molecule has 2 aromatic rings. The zero-order valence-corrected chi connectivity index (χ0v) is 12.3. The van der Waals surface area contributed by atoms with E-state index in [0.717, 1.165) is 22.6 Å². The smallest absolute Gasteiger partial charge is 0.121 e. The van der Waals surface area contributed by atoms with Crippen molar-refractivity contribution in [3.05, 3.63) is 58.6 Å². The van der Waals surface area contributed by atoms with Crippen molar-refractivity contribution < 1.29 is 9.84 Å². The van der Waals surface area contributed by atoms with Crippen LogP contribution in [-0.2, 0) is 0 Å². The zero-order valence-electron chi connectivity index (χ0n) is 11.6. The van der Waals surface area contributed by atoms with Crippen molar-refractivity contribution >= 4 is 17.3 Å². The van der Waals surface area contributed by atoms with E-state index in [4.69, 9.17) is 16.3 Å². The first-order chi connectivity index (χ1) is 9.63. The summed E-state index contributed by atoms with van der Waals surface area (Å²) in [6, 6.07) is 13.1. The van der Waals surface area contributed by atoms with Gasteiger partial charge in [-0.25, -0.2) is 0 Å². The monoisotopic (exact) mass is 291 g/mol. The highest BCUT2D eigenvalue weighted by Crippen LogP contribution is 2.25. The summed E-state index contributed by atoms with van der Waals surface area (Å²) in [6.07, 6.45) is 0. The second kappa shape index (κ2) is 6.64. The van der Waals surface area contributed by atoms with Gasteiger partial charge in [0.25, 0.3) is 0 Å². The van der Waals surface area contributed by atoms with E-state index in [-0.39, 0.29) is 12.6 Å². The van der Waals surface area contributed by atoms with Gasteiger partial charge in [-0.1, -0.05) is 23.7 Å². The molecule has 0 spiro atoms. The predicted molar refractivity (Wildman–Crippen MR) is 82.6 cm³/mol. The summed E-state index contributed by atoms with van der Waals surface area (Å²) in [7, 11) is 1.65. The minimum atomic E-state index is -0.166. The Balaban J connectivity index is 2.19. The van der Waals surface area contributed by atoms with Crippen LogP contribution in [-0.4, -0.2) is 18.8 Å². The highest BCUT2D eigenvalue weighted by Gasteiger charge is 2.11. The van der Waals surface area contributed by atoms with Gasteiger partial charge < -0.3 is 15.2 Å². The standard InChI is InChI=1S/C16H18ClNO2/c1-11-9-12(3-8-16(11)20-2)15(10-19)18-14-6-4-13(17)5-7-14/h3-9,15,18-19H,10H2,1-2H3.